The van der Waals surface area contributed by atoms with Gasteiger partial charge < -0.3 is 10.4 Å². The van der Waals surface area contributed by atoms with Crippen LogP contribution in [0.15, 0.2) is 35.5 Å². The van der Waals surface area contributed by atoms with Gasteiger partial charge in [-0.15, -0.1) is 0 Å². The Labute approximate surface area is 150 Å². The summed E-state index contributed by atoms with van der Waals surface area (Å²) in [4.78, 5) is 15.7. The van der Waals surface area contributed by atoms with E-state index >= 15 is 0 Å². The Balaban J connectivity index is 1.87. The van der Waals surface area contributed by atoms with E-state index in [1.54, 1.807) is 18.3 Å². The predicted octanol–water partition coefficient (Wildman–Crippen LogP) is 1.15. The minimum atomic E-state index is -3.75. The van der Waals surface area contributed by atoms with Crippen molar-refractivity contribution in [3.63, 3.8) is 0 Å². The van der Waals surface area contributed by atoms with E-state index in [-0.39, 0.29) is 41.4 Å². The maximum Gasteiger partial charge on any atom is 0.243 e. The molecule has 134 valence electrons. The van der Waals surface area contributed by atoms with Crippen molar-refractivity contribution in [2.45, 2.75) is 23.8 Å². The molecule has 1 aromatic carbocycles. The first kappa shape index (κ1) is 18.1. The summed E-state index contributed by atoms with van der Waals surface area (Å²) < 4.78 is 27.5. The van der Waals surface area contributed by atoms with E-state index in [1.807, 2.05) is 0 Å². The quantitative estimate of drug-likeness (QED) is 0.806. The Morgan fingerprint density at radius 3 is 2.96 bits per heavy atom. The van der Waals surface area contributed by atoms with E-state index in [2.05, 4.69) is 10.3 Å². The number of benzene rings is 1. The number of sulfonamides is 1. The number of carbonyl (C=O) groups excluding carboxylic acids is 1. The average Bonchev–Trinajstić information content (AvgIpc) is 3.04. The summed E-state index contributed by atoms with van der Waals surface area (Å²) >= 11 is 6.18. The van der Waals surface area contributed by atoms with Crippen molar-refractivity contribution >= 4 is 38.3 Å². The molecule has 1 fully saturated rings. The number of aliphatic hydroxyl groups excluding tert-OH is 1. The summed E-state index contributed by atoms with van der Waals surface area (Å²) in [6.07, 6.45) is 3.53. The molecule has 2 N–H and O–H groups in total. The van der Waals surface area contributed by atoms with Crippen LogP contribution in [0.25, 0.3) is 10.8 Å². The van der Waals surface area contributed by atoms with Crippen LogP contribution in [0.4, 0.5) is 0 Å². The van der Waals surface area contributed by atoms with Gasteiger partial charge in [0, 0.05) is 48.7 Å². The zero-order chi connectivity index (χ0) is 18.0. The van der Waals surface area contributed by atoms with Gasteiger partial charge in [-0.3, -0.25) is 9.78 Å². The predicted molar refractivity (Wildman–Crippen MR) is 93.8 cm³/mol. The minimum Gasteiger partial charge on any atom is -0.396 e. The standard InChI is InChI=1S/C16H18ClN3O4S/c17-13-9-18-8-11-2-1-3-14(16(11)13)25(23,24)20-6-4-12(10-20)19-15(22)5-7-21/h1-3,8-9,12,21H,4-7,10H2,(H,19,22)/t12-/m1/s1. The van der Waals surface area contributed by atoms with Crippen LogP contribution in [0.1, 0.15) is 12.8 Å². The summed E-state index contributed by atoms with van der Waals surface area (Å²) in [5.41, 5.74) is 0. The smallest absolute Gasteiger partial charge is 0.243 e. The Hall–Kier alpha value is -1.74. The summed E-state index contributed by atoms with van der Waals surface area (Å²) in [6.45, 7) is 0.271. The van der Waals surface area contributed by atoms with Crippen molar-refractivity contribution in [1.82, 2.24) is 14.6 Å². The molecule has 2 aromatic rings. The Morgan fingerprint density at radius 2 is 2.20 bits per heavy atom. The van der Waals surface area contributed by atoms with Crippen LogP contribution in [-0.4, -0.2) is 54.5 Å². The van der Waals surface area contributed by atoms with Gasteiger partial charge in [0.15, 0.2) is 0 Å². The van der Waals surface area contributed by atoms with Crippen molar-refractivity contribution in [3.05, 3.63) is 35.6 Å². The number of aliphatic hydroxyl groups is 1. The molecule has 0 unspecified atom stereocenters. The molecule has 1 aliphatic rings. The molecule has 9 heteroatoms. The number of hydrogen-bond acceptors (Lipinski definition) is 5. The molecule has 1 amide bonds. The molecular weight excluding hydrogens is 366 g/mol. The molecule has 2 heterocycles. The van der Waals surface area contributed by atoms with Crippen LogP contribution in [0.5, 0.6) is 0 Å². The molecule has 0 bridgehead atoms. The maximum atomic E-state index is 13.1. The molecule has 0 aliphatic carbocycles. The molecule has 1 saturated heterocycles. The number of hydrogen-bond donors (Lipinski definition) is 2. The summed E-state index contributed by atoms with van der Waals surface area (Å²) in [6, 6.07) is 4.68. The second-order valence-electron chi connectivity index (χ2n) is 5.87. The van der Waals surface area contributed by atoms with Gasteiger partial charge in [0.1, 0.15) is 0 Å². The number of rotatable bonds is 5. The largest absolute Gasteiger partial charge is 0.396 e. The molecule has 0 spiro atoms. The molecule has 1 atom stereocenters. The number of nitrogens with zero attached hydrogens (tertiary/aromatic N) is 2. The van der Waals surface area contributed by atoms with E-state index in [1.165, 1.54) is 16.6 Å². The Kier molecular flexibility index (Phi) is 5.24. The van der Waals surface area contributed by atoms with Crippen LogP contribution in [-0.2, 0) is 14.8 Å². The van der Waals surface area contributed by atoms with Crippen LogP contribution in [0.2, 0.25) is 5.02 Å². The van der Waals surface area contributed by atoms with Gasteiger partial charge in [-0.05, 0) is 12.5 Å². The van der Waals surface area contributed by atoms with Gasteiger partial charge in [-0.2, -0.15) is 4.31 Å². The highest BCUT2D eigenvalue weighted by molar-refractivity contribution is 7.89. The van der Waals surface area contributed by atoms with Gasteiger partial charge in [-0.25, -0.2) is 8.42 Å². The number of nitrogens with one attached hydrogen (secondary N) is 1. The van der Waals surface area contributed by atoms with Gasteiger partial charge in [0.2, 0.25) is 15.9 Å². The van der Waals surface area contributed by atoms with Crippen molar-refractivity contribution in [3.8, 4) is 0 Å². The van der Waals surface area contributed by atoms with Crippen molar-refractivity contribution < 1.29 is 18.3 Å². The van der Waals surface area contributed by atoms with E-state index in [4.69, 9.17) is 16.7 Å². The number of fused-ring (bicyclic) bond motifs is 1. The molecule has 7 nitrogen and oxygen atoms in total. The fraction of sp³-hybridized carbons (Fsp3) is 0.375. The van der Waals surface area contributed by atoms with E-state index < -0.39 is 10.0 Å². The van der Waals surface area contributed by atoms with Crippen LogP contribution < -0.4 is 5.32 Å². The number of halogens is 1. The highest BCUT2D eigenvalue weighted by Gasteiger charge is 2.34. The Bertz CT molecular complexity index is 898. The normalized spacial score (nSPS) is 18.6. The van der Waals surface area contributed by atoms with Crippen LogP contribution in [0.3, 0.4) is 0 Å². The van der Waals surface area contributed by atoms with E-state index in [9.17, 15) is 13.2 Å². The third-order valence-electron chi connectivity index (χ3n) is 4.17. The molecular formula is C16H18ClN3O4S. The lowest BCUT2D eigenvalue weighted by molar-refractivity contribution is -0.122. The number of carbonyl (C=O) groups is 1. The zero-order valence-corrected chi connectivity index (χ0v) is 14.9. The lowest BCUT2D eigenvalue weighted by Gasteiger charge is -2.18. The van der Waals surface area contributed by atoms with Gasteiger partial charge in [-0.1, -0.05) is 23.7 Å². The molecule has 3 rings (SSSR count). The lowest BCUT2D eigenvalue weighted by atomic mass is 10.2. The second kappa shape index (κ2) is 7.25. The number of aromatic nitrogens is 1. The van der Waals surface area contributed by atoms with Crippen molar-refractivity contribution in [2.75, 3.05) is 19.7 Å². The fourth-order valence-electron chi connectivity index (χ4n) is 2.98. The first-order valence-electron chi connectivity index (χ1n) is 7.86. The third kappa shape index (κ3) is 3.62. The minimum absolute atomic E-state index is 0.00911. The monoisotopic (exact) mass is 383 g/mol. The third-order valence-corrected chi connectivity index (χ3v) is 6.37. The van der Waals surface area contributed by atoms with Crippen molar-refractivity contribution in [2.24, 2.45) is 0 Å². The van der Waals surface area contributed by atoms with Gasteiger partial charge >= 0.3 is 0 Å². The molecule has 0 radical (unpaired) electrons. The summed E-state index contributed by atoms with van der Waals surface area (Å²) in [5, 5.41) is 12.9. The number of pyridine rings is 1. The molecule has 1 aliphatic heterocycles. The van der Waals surface area contributed by atoms with E-state index in [0.717, 1.165) is 0 Å². The fourth-order valence-corrected chi connectivity index (χ4v) is 5.04. The number of amides is 1. The highest BCUT2D eigenvalue weighted by atomic mass is 35.5. The van der Waals surface area contributed by atoms with Crippen LogP contribution >= 0.6 is 11.6 Å². The molecule has 25 heavy (non-hydrogen) atoms. The molecule has 0 saturated carbocycles. The maximum absolute atomic E-state index is 13.1. The van der Waals surface area contributed by atoms with Crippen LogP contribution in [0, 0.1) is 0 Å². The lowest BCUT2D eigenvalue weighted by Crippen LogP contribution is -2.38. The second-order valence-corrected chi connectivity index (χ2v) is 8.18. The zero-order valence-electron chi connectivity index (χ0n) is 13.4. The average molecular weight is 384 g/mol. The van der Waals surface area contributed by atoms with Gasteiger partial charge in [0.25, 0.3) is 0 Å². The van der Waals surface area contributed by atoms with Gasteiger partial charge in [0.05, 0.1) is 16.5 Å². The summed E-state index contributed by atoms with van der Waals surface area (Å²) in [7, 11) is -3.75. The SMILES string of the molecule is O=C(CCO)N[C@@H]1CCN(S(=O)(=O)c2cccc3cncc(Cl)c23)C1. The van der Waals surface area contributed by atoms with Crippen molar-refractivity contribution in [1.29, 1.82) is 0 Å². The Morgan fingerprint density at radius 1 is 1.40 bits per heavy atom. The first-order valence-corrected chi connectivity index (χ1v) is 9.68. The topological polar surface area (TPSA) is 99.6 Å². The highest BCUT2D eigenvalue weighted by Crippen LogP contribution is 2.32. The molecule has 1 aromatic heterocycles. The summed E-state index contributed by atoms with van der Waals surface area (Å²) in [5.74, 6) is -0.286. The first-order chi connectivity index (χ1) is 11.9. The van der Waals surface area contributed by atoms with E-state index in [0.29, 0.717) is 23.7 Å².